The largest absolute Gasteiger partial charge is 0.496 e. The van der Waals surface area contributed by atoms with Gasteiger partial charge in [0.1, 0.15) is 11.8 Å². The number of carbonyl (C=O) groups excluding carboxylic acids is 1. The lowest BCUT2D eigenvalue weighted by atomic mass is 10.0. The van der Waals surface area contributed by atoms with Crippen LogP contribution in [0, 0.1) is 0 Å². The number of ether oxygens (including phenoxy) is 1. The van der Waals surface area contributed by atoms with Gasteiger partial charge in [-0.05, 0) is 31.6 Å². The van der Waals surface area contributed by atoms with Gasteiger partial charge in [-0.15, -0.1) is 6.58 Å². The maximum absolute atomic E-state index is 12.9. The average Bonchev–Trinajstić information content (AvgIpc) is 2.53. The summed E-state index contributed by atoms with van der Waals surface area (Å²) in [5, 5.41) is 6.70. The second kappa shape index (κ2) is 7.97. The number of rotatable bonds is 6. The Bertz CT molecular complexity index is 591. The molecule has 1 saturated heterocycles. The first-order chi connectivity index (χ1) is 11.0. The Hall–Kier alpha value is -2.08. The van der Waals surface area contributed by atoms with Gasteiger partial charge in [-0.1, -0.05) is 24.3 Å². The first kappa shape index (κ1) is 17.3. The van der Waals surface area contributed by atoms with Gasteiger partial charge in [-0.25, -0.2) is 0 Å². The number of nitrogens with one attached hydrogen (secondary N) is 2. The third-order valence-electron chi connectivity index (χ3n) is 3.79. The van der Waals surface area contributed by atoms with E-state index in [1.165, 1.54) is 0 Å². The molecule has 1 heterocycles. The number of thiocarbonyl (C=S) groups is 1. The van der Waals surface area contributed by atoms with Gasteiger partial charge in [0.25, 0.3) is 0 Å². The summed E-state index contributed by atoms with van der Waals surface area (Å²) in [6, 6.07) is 7.57. The summed E-state index contributed by atoms with van der Waals surface area (Å²) in [5.74, 6) is 0.794. The van der Waals surface area contributed by atoms with Gasteiger partial charge in [0, 0.05) is 24.7 Å². The van der Waals surface area contributed by atoms with Crippen LogP contribution in [0.4, 0.5) is 0 Å². The van der Waals surface area contributed by atoms with Gasteiger partial charge in [0.15, 0.2) is 5.11 Å². The number of benzene rings is 1. The fraction of sp³-hybridized carbons (Fsp3) is 0.412. The molecule has 0 spiro atoms. The van der Waals surface area contributed by atoms with E-state index >= 15 is 0 Å². The maximum Gasteiger partial charge on any atom is 0.245 e. The van der Waals surface area contributed by atoms with Gasteiger partial charge in [0.05, 0.1) is 7.11 Å². The van der Waals surface area contributed by atoms with Crippen LogP contribution in [0.3, 0.4) is 0 Å². The summed E-state index contributed by atoms with van der Waals surface area (Å²) in [4.78, 5) is 14.6. The highest BCUT2D eigenvalue weighted by atomic mass is 32.1. The Morgan fingerprint density at radius 3 is 2.87 bits per heavy atom. The minimum absolute atomic E-state index is 0.0199. The van der Waals surface area contributed by atoms with E-state index in [0.717, 1.165) is 11.3 Å². The smallest absolute Gasteiger partial charge is 0.245 e. The summed E-state index contributed by atoms with van der Waals surface area (Å²) in [6.07, 6.45) is 2.43. The molecule has 0 unspecified atom stereocenters. The number of methoxy groups -OCH3 is 1. The van der Waals surface area contributed by atoms with Crippen molar-refractivity contribution in [2.24, 2.45) is 0 Å². The van der Waals surface area contributed by atoms with Gasteiger partial charge >= 0.3 is 0 Å². The molecule has 2 atom stereocenters. The van der Waals surface area contributed by atoms with Crippen LogP contribution in [0.1, 0.15) is 18.9 Å². The molecule has 23 heavy (non-hydrogen) atoms. The van der Waals surface area contributed by atoms with Crippen molar-refractivity contribution in [3.05, 3.63) is 42.5 Å². The zero-order valence-corrected chi connectivity index (χ0v) is 14.4. The summed E-state index contributed by atoms with van der Waals surface area (Å²) in [7, 11) is 1.63. The normalized spacial score (nSPS) is 20.2. The first-order valence-corrected chi connectivity index (χ1v) is 8.04. The van der Waals surface area contributed by atoms with E-state index in [2.05, 4.69) is 17.2 Å². The van der Waals surface area contributed by atoms with Crippen molar-refractivity contribution >= 4 is 23.2 Å². The van der Waals surface area contributed by atoms with E-state index in [0.29, 0.717) is 24.6 Å². The summed E-state index contributed by atoms with van der Waals surface area (Å²) >= 11 is 5.17. The standard InChI is InChI=1S/C17H23N3O2S/c1-4-9-20(11-13-7-5-6-8-15(13)22-3)16(21)14-10-12(2)18-17(23)19-14/h4-8,12,14H,1,9-11H2,2-3H3,(H2,18,19,23)/t12-,14+/m1/s1. The molecule has 0 radical (unpaired) electrons. The third-order valence-corrected chi connectivity index (χ3v) is 4.02. The minimum atomic E-state index is -0.312. The molecule has 0 bridgehead atoms. The van der Waals surface area contributed by atoms with Crippen molar-refractivity contribution in [3.8, 4) is 5.75 Å². The maximum atomic E-state index is 12.9. The van der Waals surface area contributed by atoms with Crippen LogP contribution in [-0.4, -0.2) is 41.7 Å². The van der Waals surface area contributed by atoms with Crippen molar-refractivity contribution in [2.45, 2.75) is 32.0 Å². The molecule has 0 aromatic heterocycles. The number of nitrogens with zero attached hydrogens (tertiary/aromatic N) is 1. The highest BCUT2D eigenvalue weighted by Gasteiger charge is 2.30. The van der Waals surface area contributed by atoms with Gasteiger partial charge in [0.2, 0.25) is 5.91 Å². The number of carbonyl (C=O) groups is 1. The lowest BCUT2D eigenvalue weighted by Crippen LogP contribution is -2.58. The molecule has 1 aromatic rings. The molecule has 1 aliphatic heterocycles. The zero-order valence-electron chi connectivity index (χ0n) is 13.5. The highest BCUT2D eigenvalue weighted by Crippen LogP contribution is 2.20. The van der Waals surface area contributed by atoms with Crippen LogP contribution < -0.4 is 15.4 Å². The number of amides is 1. The Morgan fingerprint density at radius 1 is 1.48 bits per heavy atom. The van der Waals surface area contributed by atoms with E-state index < -0.39 is 0 Å². The lowest BCUT2D eigenvalue weighted by Gasteiger charge is -2.34. The fourth-order valence-corrected chi connectivity index (χ4v) is 3.05. The summed E-state index contributed by atoms with van der Waals surface area (Å²) < 4.78 is 5.37. The molecule has 1 aromatic carbocycles. The van der Waals surface area contributed by atoms with E-state index in [9.17, 15) is 4.79 Å². The van der Waals surface area contributed by atoms with E-state index in [1.54, 1.807) is 18.1 Å². The topological polar surface area (TPSA) is 53.6 Å². The van der Waals surface area contributed by atoms with Crippen molar-refractivity contribution < 1.29 is 9.53 Å². The summed E-state index contributed by atoms with van der Waals surface area (Å²) in [6.45, 7) is 6.73. The predicted octanol–water partition coefficient (Wildman–Crippen LogP) is 1.83. The molecule has 2 rings (SSSR count). The fourth-order valence-electron chi connectivity index (χ4n) is 2.71. The van der Waals surface area contributed by atoms with Gasteiger partial charge < -0.3 is 20.3 Å². The van der Waals surface area contributed by atoms with Gasteiger partial charge in [-0.2, -0.15) is 0 Å². The molecule has 0 saturated carbocycles. The monoisotopic (exact) mass is 333 g/mol. The van der Waals surface area contributed by atoms with Crippen molar-refractivity contribution in [1.29, 1.82) is 0 Å². The molecule has 5 nitrogen and oxygen atoms in total. The second-order valence-corrected chi connectivity index (χ2v) is 6.03. The van der Waals surface area contributed by atoms with Crippen LogP contribution in [0.15, 0.2) is 36.9 Å². The molecule has 1 fully saturated rings. The van der Waals surface area contributed by atoms with Gasteiger partial charge in [-0.3, -0.25) is 4.79 Å². The third kappa shape index (κ3) is 4.45. The van der Waals surface area contributed by atoms with E-state index in [1.807, 2.05) is 31.2 Å². The Kier molecular flexibility index (Phi) is 5.98. The molecule has 1 aliphatic rings. The van der Waals surface area contributed by atoms with Crippen molar-refractivity contribution in [2.75, 3.05) is 13.7 Å². The predicted molar refractivity (Wildman–Crippen MR) is 95.3 cm³/mol. The number of para-hydroxylation sites is 1. The molecular formula is C17H23N3O2S. The van der Waals surface area contributed by atoms with Crippen LogP contribution in [0.2, 0.25) is 0 Å². The molecule has 1 amide bonds. The Balaban J connectivity index is 2.15. The highest BCUT2D eigenvalue weighted by molar-refractivity contribution is 7.80. The number of hydrogen-bond acceptors (Lipinski definition) is 3. The molecule has 124 valence electrons. The van der Waals surface area contributed by atoms with Crippen LogP contribution in [0.5, 0.6) is 5.75 Å². The lowest BCUT2D eigenvalue weighted by molar-refractivity contribution is -0.133. The quantitative estimate of drug-likeness (QED) is 0.614. The SMILES string of the molecule is C=CCN(Cc1ccccc1OC)C(=O)[C@@H]1C[C@@H](C)NC(=S)N1. The second-order valence-electron chi connectivity index (χ2n) is 5.63. The van der Waals surface area contributed by atoms with E-state index in [-0.39, 0.29) is 18.0 Å². The van der Waals surface area contributed by atoms with E-state index in [4.69, 9.17) is 17.0 Å². The van der Waals surface area contributed by atoms with Crippen LogP contribution >= 0.6 is 12.2 Å². The molecule has 6 heteroatoms. The summed E-state index contributed by atoms with van der Waals surface area (Å²) in [5.41, 5.74) is 0.967. The Labute approximate surface area is 142 Å². The number of hydrogen-bond donors (Lipinski definition) is 2. The zero-order chi connectivity index (χ0) is 16.8. The van der Waals surface area contributed by atoms with Crippen LogP contribution in [0.25, 0.3) is 0 Å². The van der Waals surface area contributed by atoms with Crippen LogP contribution in [-0.2, 0) is 11.3 Å². The molecule has 2 N–H and O–H groups in total. The van der Waals surface area contributed by atoms with Crippen molar-refractivity contribution in [1.82, 2.24) is 15.5 Å². The average molecular weight is 333 g/mol. The molecule has 0 aliphatic carbocycles. The minimum Gasteiger partial charge on any atom is -0.496 e. The first-order valence-electron chi connectivity index (χ1n) is 7.63. The molecular weight excluding hydrogens is 310 g/mol. The Morgan fingerprint density at radius 2 is 2.22 bits per heavy atom. The van der Waals surface area contributed by atoms with Crippen molar-refractivity contribution in [3.63, 3.8) is 0 Å².